The maximum Gasteiger partial charge on any atom is 0.136 e. The van der Waals surface area contributed by atoms with Crippen LogP contribution in [0.3, 0.4) is 0 Å². The lowest BCUT2D eigenvalue weighted by atomic mass is 10.2. The van der Waals surface area contributed by atoms with Crippen LogP contribution in [0.2, 0.25) is 10.0 Å². The zero-order valence-electron chi connectivity index (χ0n) is 12.3. The third kappa shape index (κ3) is 3.77. The van der Waals surface area contributed by atoms with Crippen LogP contribution in [0.1, 0.15) is 5.01 Å². The zero-order valence-corrected chi connectivity index (χ0v) is 14.7. The summed E-state index contributed by atoms with van der Waals surface area (Å²) in [6, 6.07) is 17.1. The van der Waals surface area contributed by atoms with Gasteiger partial charge in [0.15, 0.2) is 0 Å². The molecule has 24 heavy (non-hydrogen) atoms. The average molecular weight is 372 g/mol. The summed E-state index contributed by atoms with van der Waals surface area (Å²) in [6.45, 7) is 0. The van der Waals surface area contributed by atoms with E-state index in [1.165, 1.54) is 11.3 Å². The van der Waals surface area contributed by atoms with Crippen LogP contribution in [-0.2, 0) is 0 Å². The number of thiazole rings is 1. The van der Waals surface area contributed by atoms with Crippen molar-refractivity contribution in [2.45, 2.75) is 0 Å². The highest BCUT2D eigenvalue weighted by atomic mass is 35.5. The van der Waals surface area contributed by atoms with Gasteiger partial charge in [-0.2, -0.15) is 5.26 Å². The number of benzene rings is 2. The van der Waals surface area contributed by atoms with Crippen LogP contribution < -0.4 is 5.32 Å². The summed E-state index contributed by atoms with van der Waals surface area (Å²) in [7, 11) is 0. The Balaban J connectivity index is 1.84. The first-order valence-electron chi connectivity index (χ1n) is 7.00. The molecule has 0 fully saturated rings. The Morgan fingerprint density at radius 3 is 2.67 bits per heavy atom. The predicted molar refractivity (Wildman–Crippen MR) is 101 cm³/mol. The number of rotatable bonds is 4. The zero-order chi connectivity index (χ0) is 16.9. The van der Waals surface area contributed by atoms with E-state index in [0.29, 0.717) is 26.3 Å². The molecule has 0 aliphatic heterocycles. The Labute approximate surface area is 153 Å². The van der Waals surface area contributed by atoms with Gasteiger partial charge in [0.2, 0.25) is 0 Å². The molecule has 1 aromatic heterocycles. The molecule has 0 amide bonds. The summed E-state index contributed by atoms with van der Waals surface area (Å²) in [4.78, 5) is 4.53. The van der Waals surface area contributed by atoms with Crippen molar-refractivity contribution in [1.29, 1.82) is 5.26 Å². The third-order valence-electron chi connectivity index (χ3n) is 3.23. The van der Waals surface area contributed by atoms with E-state index in [-0.39, 0.29) is 0 Å². The lowest BCUT2D eigenvalue weighted by molar-refractivity contribution is 1.36. The summed E-state index contributed by atoms with van der Waals surface area (Å²) in [5.41, 5.74) is 2.98. The highest BCUT2D eigenvalue weighted by molar-refractivity contribution is 7.11. The van der Waals surface area contributed by atoms with Crippen LogP contribution in [0.4, 0.5) is 5.69 Å². The molecule has 1 N–H and O–H groups in total. The molecule has 6 heteroatoms. The number of nitrogens with one attached hydrogen (secondary N) is 1. The summed E-state index contributed by atoms with van der Waals surface area (Å²) in [5, 5.41) is 16.1. The first kappa shape index (κ1) is 16.5. The first-order chi connectivity index (χ1) is 11.7. The maximum atomic E-state index is 9.41. The fourth-order valence-corrected chi connectivity index (χ4v) is 3.29. The standard InChI is InChI=1S/C18H11Cl2N3S/c19-14-6-7-16(15(20)8-14)22-10-13(9-21)18-23-17(11-24-18)12-4-2-1-3-5-12/h1-8,10-11,22H/b13-10+. The highest BCUT2D eigenvalue weighted by Crippen LogP contribution is 2.28. The normalized spacial score (nSPS) is 11.1. The minimum atomic E-state index is 0.438. The van der Waals surface area contributed by atoms with Gasteiger partial charge in [-0.1, -0.05) is 53.5 Å². The second-order valence-electron chi connectivity index (χ2n) is 4.84. The van der Waals surface area contributed by atoms with E-state index in [2.05, 4.69) is 16.4 Å². The van der Waals surface area contributed by atoms with Gasteiger partial charge in [0.25, 0.3) is 0 Å². The lowest BCUT2D eigenvalue weighted by Gasteiger charge is -2.04. The topological polar surface area (TPSA) is 48.7 Å². The van der Waals surface area contributed by atoms with Crippen molar-refractivity contribution in [3.8, 4) is 17.3 Å². The van der Waals surface area contributed by atoms with Crippen LogP contribution in [0.15, 0.2) is 60.1 Å². The van der Waals surface area contributed by atoms with E-state index >= 15 is 0 Å². The van der Waals surface area contributed by atoms with E-state index in [9.17, 15) is 5.26 Å². The van der Waals surface area contributed by atoms with Gasteiger partial charge in [0, 0.05) is 22.2 Å². The molecule has 0 unspecified atom stereocenters. The molecule has 2 aromatic carbocycles. The van der Waals surface area contributed by atoms with Gasteiger partial charge < -0.3 is 5.32 Å². The molecule has 0 aliphatic carbocycles. The number of halogens is 2. The molecule has 1 heterocycles. The van der Waals surface area contributed by atoms with Crippen molar-refractivity contribution in [2.24, 2.45) is 0 Å². The van der Waals surface area contributed by atoms with Gasteiger partial charge >= 0.3 is 0 Å². The van der Waals surface area contributed by atoms with Crippen LogP contribution >= 0.6 is 34.5 Å². The van der Waals surface area contributed by atoms with E-state index in [1.54, 1.807) is 24.4 Å². The van der Waals surface area contributed by atoms with E-state index in [4.69, 9.17) is 23.2 Å². The van der Waals surface area contributed by atoms with Gasteiger partial charge in [-0.05, 0) is 18.2 Å². The fourth-order valence-electron chi connectivity index (χ4n) is 2.04. The van der Waals surface area contributed by atoms with E-state index < -0.39 is 0 Å². The molecule has 118 valence electrons. The number of allylic oxidation sites excluding steroid dienone is 1. The third-order valence-corrected chi connectivity index (χ3v) is 4.65. The Morgan fingerprint density at radius 1 is 1.17 bits per heavy atom. The molecule has 0 bridgehead atoms. The Hall–Kier alpha value is -2.32. The van der Waals surface area contributed by atoms with Crippen LogP contribution in [0.25, 0.3) is 16.8 Å². The molecule has 3 aromatic rings. The first-order valence-corrected chi connectivity index (χ1v) is 8.64. The second-order valence-corrected chi connectivity index (χ2v) is 6.54. The molecule has 0 radical (unpaired) electrons. The molecule has 3 nitrogen and oxygen atoms in total. The molecule has 0 aliphatic rings. The average Bonchev–Trinajstić information content (AvgIpc) is 3.08. The number of anilines is 1. The number of hydrogen-bond acceptors (Lipinski definition) is 4. The van der Waals surface area contributed by atoms with Crippen molar-refractivity contribution in [1.82, 2.24) is 4.98 Å². The monoisotopic (exact) mass is 371 g/mol. The fraction of sp³-hybridized carbons (Fsp3) is 0. The summed E-state index contributed by atoms with van der Waals surface area (Å²) < 4.78 is 0. The molecule has 0 saturated carbocycles. The van der Waals surface area contributed by atoms with Gasteiger partial charge in [0.05, 0.1) is 16.4 Å². The van der Waals surface area contributed by atoms with Crippen LogP contribution in [0.5, 0.6) is 0 Å². The summed E-state index contributed by atoms with van der Waals surface area (Å²) >= 11 is 13.4. The van der Waals surface area contributed by atoms with Crippen molar-refractivity contribution >= 4 is 45.8 Å². The largest absolute Gasteiger partial charge is 0.359 e. The van der Waals surface area contributed by atoms with Gasteiger partial charge in [-0.25, -0.2) is 4.98 Å². The Morgan fingerprint density at radius 2 is 1.96 bits per heavy atom. The number of nitrogens with zero attached hydrogens (tertiary/aromatic N) is 2. The second kappa shape index (κ2) is 7.50. The number of aromatic nitrogens is 1. The summed E-state index contributed by atoms with van der Waals surface area (Å²) in [5.74, 6) is 0. The quantitative estimate of drug-likeness (QED) is 0.564. The lowest BCUT2D eigenvalue weighted by Crippen LogP contribution is -1.92. The Kier molecular flexibility index (Phi) is 5.17. The van der Waals surface area contributed by atoms with Crippen molar-refractivity contribution in [3.63, 3.8) is 0 Å². The molecular formula is C18H11Cl2N3S. The number of nitriles is 1. The summed E-state index contributed by atoms with van der Waals surface area (Å²) in [6.07, 6.45) is 1.60. The van der Waals surface area contributed by atoms with Gasteiger partial charge in [-0.3, -0.25) is 0 Å². The molecule has 0 saturated heterocycles. The molecule has 3 rings (SSSR count). The van der Waals surface area contributed by atoms with Gasteiger partial charge in [-0.15, -0.1) is 11.3 Å². The van der Waals surface area contributed by atoms with Crippen molar-refractivity contribution in [3.05, 3.63) is 75.2 Å². The SMILES string of the molecule is N#C/C(=C\Nc1ccc(Cl)cc1Cl)c1nc(-c2ccccc2)cs1. The molecular weight excluding hydrogens is 361 g/mol. The van der Waals surface area contributed by atoms with Crippen molar-refractivity contribution < 1.29 is 0 Å². The Bertz CT molecular complexity index is 927. The van der Waals surface area contributed by atoms with Crippen molar-refractivity contribution in [2.75, 3.05) is 5.32 Å². The number of hydrogen-bond donors (Lipinski definition) is 1. The smallest absolute Gasteiger partial charge is 0.136 e. The minimum Gasteiger partial charge on any atom is -0.359 e. The van der Waals surface area contributed by atoms with Crippen LogP contribution in [0, 0.1) is 11.3 Å². The van der Waals surface area contributed by atoms with Gasteiger partial charge in [0.1, 0.15) is 16.6 Å². The maximum absolute atomic E-state index is 9.41. The molecule has 0 spiro atoms. The predicted octanol–water partition coefficient (Wildman–Crippen LogP) is 6.09. The molecule has 0 atom stereocenters. The highest BCUT2D eigenvalue weighted by Gasteiger charge is 2.09. The van der Waals surface area contributed by atoms with E-state index in [1.807, 2.05) is 35.7 Å². The van der Waals surface area contributed by atoms with Crippen LogP contribution in [-0.4, -0.2) is 4.98 Å². The van der Waals surface area contributed by atoms with E-state index in [0.717, 1.165) is 11.3 Å². The minimum absolute atomic E-state index is 0.438.